The highest BCUT2D eigenvalue weighted by Crippen LogP contribution is 2.41. The Morgan fingerprint density at radius 1 is 1.06 bits per heavy atom. The number of nitrogens with one attached hydrogen (secondary N) is 4. The summed E-state index contributed by atoms with van der Waals surface area (Å²) >= 11 is 8.39. The molecular weight excluding hydrogens is 730 g/mol. The van der Waals surface area contributed by atoms with Gasteiger partial charge in [0.1, 0.15) is 22.9 Å². The van der Waals surface area contributed by atoms with Crippen molar-refractivity contribution in [2.45, 2.75) is 74.2 Å². The Bertz CT molecular complexity index is 2190. The average molecular weight is 772 g/mol. The van der Waals surface area contributed by atoms with Gasteiger partial charge in [0.15, 0.2) is 0 Å². The van der Waals surface area contributed by atoms with E-state index in [0.717, 1.165) is 33.2 Å². The lowest BCUT2D eigenvalue weighted by molar-refractivity contribution is -0.141. The Kier molecular flexibility index (Phi) is 12.0. The monoisotopic (exact) mass is 771 g/mol. The summed E-state index contributed by atoms with van der Waals surface area (Å²) in [6, 6.07) is 12.0. The zero-order valence-corrected chi connectivity index (χ0v) is 31.6. The van der Waals surface area contributed by atoms with Crippen LogP contribution in [0.1, 0.15) is 41.0 Å². The number of nitrogens with two attached hydrogens (primary N) is 2. The van der Waals surface area contributed by atoms with Gasteiger partial charge in [-0.1, -0.05) is 52.8 Å². The predicted molar refractivity (Wildman–Crippen MR) is 205 cm³/mol. The first kappa shape index (κ1) is 38.5. The lowest BCUT2D eigenvalue weighted by atomic mass is 10.0. The van der Waals surface area contributed by atoms with Crippen molar-refractivity contribution in [3.63, 3.8) is 0 Å². The lowest BCUT2D eigenvalue weighted by Gasteiger charge is -2.31. The maximum Gasteiger partial charge on any atom is 0.246 e. The van der Waals surface area contributed by atoms with E-state index in [9.17, 15) is 19.2 Å². The third-order valence-corrected chi connectivity index (χ3v) is 11.2. The summed E-state index contributed by atoms with van der Waals surface area (Å²) in [7, 11) is 1.52. The van der Waals surface area contributed by atoms with E-state index in [0.29, 0.717) is 32.0 Å². The Morgan fingerprint density at radius 2 is 1.85 bits per heavy atom. The van der Waals surface area contributed by atoms with Gasteiger partial charge in [0.25, 0.3) is 0 Å². The molecular formula is C38H42ClN9O5S. The minimum atomic E-state index is -1.17. The number of pyridine rings is 1. The molecule has 4 heterocycles. The zero-order chi connectivity index (χ0) is 38.5. The molecule has 0 fully saturated rings. The van der Waals surface area contributed by atoms with Crippen molar-refractivity contribution in [2.75, 3.05) is 13.6 Å². The van der Waals surface area contributed by atoms with Crippen LogP contribution in [-0.2, 0) is 38.7 Å². The number of H-pyrrole nitrogens is 1. The number of fused-ring (bicyclic) bond motifs is 3. The zero-order valence-electron chi connectivity index (χ0n) is 30.1. The standard InChI is InChI=1S/C38H42ClN9O5S/c1-20-33(21(2)53-47-20)23-13-25-19-45-36(51)31(15-24-18-43-28-9-5-4-8-26(24)28)48(3)38(52)30(16-40)46-35(50)29(10-11-32(41)49)44-17-22-7-6-12-42-37(22)54-34(25)27(39)14-23/h4-9,12-14,18,29-31,43-44H,10-11,15-17,19,40H2,1-3H3,(H2,41,49)(H,45,51)(H,46,50)/t29-,30-,31-/m0/s1. The summed E-state index contributed by atoms with van der Waals surface area (Å²) in [5.41, 5.74) is 16.9. The molecule has 16 heteroatoms. The van der Waals surface area contributed by atoms with Crippen LogP contribution in [0.25, 0.3) is 22.0 Å². The van der Waals surface area contributed by atoms with Gasteiger partial charge in [-0.25, -0.2) is 4.98 Å². The minimum Gasteiger partial charge on any atom is -0.370 e. The van der Waals surface area contributed by atoms with E-state index < -0.39 is 41.8 Å². The Labute approximate surface area is 321 Å². The van der Waals surface area contributed by atoms with Gasteiger partial charge in [0, 0.05) is 73.3 Å². The summed E-state index contributed by atoms with van der Waals surface area (Å²) in [5.74, 6) is -1.50. The number of likely N-dealkylation sites (N-methyl/N-ethyl adjacent to an activating group) is 1. The van der Waals surface area contributed by atoms with Crippen LogP contribution in [0, 0.1) is 13.8 Å². The van der Waals surface area contributed by atoms with E-state index in [2.05, 4.69) is 31.1 Å². The molecule has 0 aliphatic carbocycles. The fourth-order valence-electron chi connectivity index (χ4n) is 6.64. The highest BCUT2D eigenvalue weighted by molar-refractivity contribution is 7.99. The molecule has 14 nitrogen and oxygen atoms in total. The van der Waals surface area contributed by atoms with Crippen molar-refractivity contribution in [2.24, 2.45) is 11.5 Å². The molecule has 8 N–H and O–H groups in total. The topological polar surface area (TPSA) is 214 Å². The number of nitrogens with zero attached hydrogens (tertiary/aromatic N) is 3. The van der Waals surface area contributed by atoms with Crippen LogP contribution in [0.15, 0.2) is 75.4 Å². The molecule has 0 saturated heterocycles. The fourth-order valence-corrected chi connectivity index (χ4v) is 7.99. The number of halogens is 1. The van der Waals surface area contributed by atoms with Crippen LogP contribution in [-0.4, -0.2) is 75.4 Å². The van der Waals surface area contributed by atoms with Gasteiger partial charge in [-0.2, -0.15) is 0 Å². The second kappa shape index (κ2) is 16.8. The number of aromatic amines is 1. The average Bonchev–Trinajstić information content (AvgIpc) is 3.73. The molecule has 4 amide bonds. The fraction of sp³-hybridized carbons (Fsp3) is 0.316. The summed E-state index contributed by atoms with van der Waals surface area (Å²) < 4.78 is 5.46. The highest BCUT2D eigenvalue weighted by Gasteiger charge is 2.34. The maximum atomic E-state index is 14.4. The van der Waals surface area contributed by atoms with Crippen molar-refractivity contribution >= 4 is 57.9 Å². The largest absolute Gasteiger partial charge is 0.370 e. The van der Waals surface area contributed by atoms with Crippen LogP contribution in [0.4, 0.5) is 0 Å². The summed E-state index contributed by atoms with van der Waals surface area (Å²) in [5, 5.41) is 15.1. The molecule has 3 aromatic heterocycles. The number of benzene rings is 2. The molecule has 2 aromatic carbocycles. The van der Waals surface area contributed by atoms with Gasteiger partial charge in [0.05, 0.1) is 16.8 Å². The smallest absolute Gasteiger partial charge is 0.246 e. The number of aromatic nitrogens is 3. The molecule has 0 spiro atoms. The van der Waals surface area contributed by atoms with Crippen molar-refractivity contribution < 1.29 is 23.7 Å². The molecule has 1 aliphatic rings. The van der Waals surface area contributed by atoms with E-state index in [1.54, 1.807) is 12.3 Å². The number of hydrogen-bond donors (Lipinski definition) is 6. The number of carbonyl (C=O) groups is 4. The van der Waals surface area contributed by atoms with Gasteiger partial charge in [-0.05, 0) is 66.8 Å². The predicted octanol–water partition coefficient (Wildman–Crippen LogP) is 3.51. The van der Waals surface area contributed by atoms with Crippen molar-refractivity contribution in [3.05, 3.63) is 94.1 Å². The third-order valence-electron chi connectivity index (χ3n) is 9.54. The van der Waals surface area contributed by atoms with Gasteiger partial charge >= 0.3 is 0 Å². The first-order chi connectivity index (χ1) is 25.9. The third kappa shape index (κ3) is 8.44. The Hall–Kier alpha value is -5.22. The lowest BCUT2D eigenvalue weighted by Crippen LogP contribution is -2.59. The first-order valence-corrected chi connectivity index (χ1v) is 18.6. The molecule has 0 unspecified atom stereocenters. The van der Waals surface area contributed by atoms with Crippen LogP contribution in [0.2, 0.25) is 5.02 Å². The number of aryl methyl sites for hydroxylation is 2. The SMILES string of the molecule is Cc1noc(C)c1-c1cc(Cl)c2c(c1)CNC(=O)[C@H](Cc1c[nH]c3ccccc13)N(C)C(=O)[C@H](CN)NC(=O)[C@H](CCC(N)=O)NCc1cccnc1S2. The van der Waals surface area contributed by atoms with Crippen molar-refractivity contribution in [1.29, 1.82) is 0 Å². The van der Waals surface area contributed by atoms with Gasteiger partial charge < -0.3 is 41.8 Å². The highest BCUT2D eigenvalue weighted by atomic mass is 35.5. The number of para-hydroxylation sites is 1. The number of primary amides is 1. The molecule has 6 rings (SSSR count). The van der Waals surface area contributed by atoms with E-state index in [1.165, 1.54) is 23.7 Å². The van der Waals surface area contributed by atoms with Crippen LogP contribution < -0.4 is 27.4 Å². The molecule has 1 aliphatic heterocycles. The first-order valence-electron chi connectivity index (χ1n) is 17.4. The Balaban J connectivity index is 1.45. The van der Waals surface area contributed by atoms with Gasteiger partial charge in [-0.3, -0.25) is 19.2 Å². The van der Waals surface area contributed by atoms with Gasteiger partial charge in [0.2, 0.25) is 23.6 Å². The molecule has 3 atom stereocenters. The second-order valence-corrected chi connectivity index (χ2v) is 14.6. The quantitative estimate of drug-likeness (QED) is 0.142. The molecule has 54 heavy (non-hydrogen) atoms. The number of carbonyl (C=O) groups excluding carboxylic acids is 4. The normalized spacial score (nSPS) is 18.8. The van der Waals surface area contributed by atoms with E-state index >= 15 is 0 Å². The number of amides is 4. The van der Waals surface area contributed by atoms with E-state index in [-0.39, 0.29) is 38.9 Å². The van der Waals surface area contributed by atoms with Crippen LogP contribution >= 0.6 is 23.4 Å². The second-order valence-electron chi connectivity index (χ2n) is 13.2. The van der Waals surface area contributed by atoms with Crippen molar-refractivity contribution in [1.82, 2.24) is 36.0 Å². The van der Waals surface area contributed by atoms with Gasteiger partial charge in [-0.15, -0.1) is 0 Å². The summed E-state index contributed by atoms with van der Waals surface area (Å²) in [6.45, 7) is 3.66. The van der Waals surface area contributed by atoms with E-state index in [4.69, 9.17) is 27.6 Å². The maximum absolute atomic E-state index is 14.4. The van der Waals surface area contributed by atoms with Crippen molar-refractivity contribution in [3.8, 4) is 11.1 Å². The molecule has 0 bridgehead atoms. The molecule has 282 valence electrons. The molecule has 0 radical (unpaired) electrons. The number of hydrogen-bond acceptors (Lipinski definition) is 10. The summed E-state index contributed by atoms with van der Waals surface area (Å²) in [4.78, 5) is 63.9. The van der Waals surface area contributed by atoms with Crippen LogP contribution in [0.5, 0.6) is 0 Å². The Morgan fingerprint density at radius 3 is 2.59 bits per heavy atom. The minimum absolute atomic E-state index is 0.0528. The number of rotatable bonds is 7. The van der Waals surface area contributed by atoms with Crippen LogP contribution in [0.3, 0.4) is 0 Å². The molecule has 5 aromatic rings. The summed E-state index contributed by atoms with van der Waals surface area (Å²) in [6.07, 6.45) is 3.62. The molecule has 0 saturated carbocycles. The van der Waals surface area contributed by atoms with E-state index in [1.807, 2.05) is 62.5 Å².